The summed E-state index contributed by atoms with van der Waals surface area (Å²) >= 11 is 6.24. The maximum atomic E-state index is 15.6. The van der Waals surface area contributed by atoms with Gasteiger partial charge in [0.25, 0.3) is 0 Å². The van der Waals surface area contributed by atoms with Crippen LogP contribution in [0.25, 0.3) is 33.3 Å². The molecule has 8 nitrogen and oxygen atoms in total. The number of methoxy groups -OCH3 is 1. The molecular weight excluding hydrogens is 604 g/mol. The minimum atomic E-state index is -0.658. The van der Waals surface area contributed by atoms with Crippen LogP contribution in [-0.4, -0.2) is 40.3 Å². The van der Waals surface area contributed by atoms with Crippen LogP contribution in [0.4, 0.5) is 8.78 Å². The number of fused-ring (bicyclic) bond motifs is 2. The molecular formula is C34H26ClF2N3O5. The number of aromatic nitrogens is 3. The van der Waals surface area contributed by atoms with Gasteiger partial charge in [-0.1, -0.05) is 35.9 Å². The van der Waals surface area contributed by atoms with Crippen molar-refractivity contribution in [1.82, 2.24) is 14.5 Å². The second-order valence-corrected chi connectivity index (χ2v) is 11.1. The number of carbonyl (C=O) groups excluding carboxylic acids is 1. The van der Waals surface area contributed by atoms with E-state index in [1.165, 1.54) is 13.2 Å². The fraction of sp³-hybridized carbons (Fsp3) is 0.206. The van der Waals surface area contributed by atoms with Crippen LogP contribution in [0.5, 0.6) is 5.88 Å². The van der Waals surface area contributed by atoms with Crippen LogP contribution in [-0.2, 0) is 29.0 Å². The molecule has 11 heteroatoms. The molecule has 7 rings (SSSR count). The topological polar surface area (TPSA) is 88.6 Å². The molecule has 3 aromatic heterocycles. The Bertz CT molecular complexity index is 2070. The van der Waals surface area contributed by atoms with Crippen molar-refractivity contribution in [3.8, 4) is 17.1 Å². The Morgan fingerprint density at radius 2 is 1.89 bits per heavy atom. The first-order valence-corrected chi connectivity index (χ1v) is 14.7. The third-order valence-electron chi connectivity index (χ3n) is 7.93. The number of pyridine rings is 1. The molecule has 0 amide bonds. The van der Waals surface area contributed by atoms with Crippen molar-refractivity contribution in [2.24, 2.45) is 0 Å². The molecule has 0 saturated carbocycles. The number of halogens is 3. The monoisotopic (exact) mass is 629 g/mol. The van der Waals surface area contributed by atoms with E-state index >= 15 is 8.78 Å². The van der Waals surface area contributed by atoms with Crippen molar-refractivity contribution < 1.29 is 32.2 Å². The Balaban J connectivity index is 1.14. The molecule has 3 aromatic carbocycles. The van der Waals surface area contributed by atoms with E-state index in [9.17, 15) is 4.79 Å². The van der Waals surface area contributed by atoms with Crippen LogP contribution in [0.3, 0.4) is 0 Å². The smallest absolute Gasteiger partial charge is 0.338 e. The predicted octanol–water partition coefficient (Wildman–Crippen LogP) is 7.52. The summed E-state index contributed by atoms with van der Waals surface area (Å²) in [5.74, 6) is -0.955. The van der Waals surface area contributed by atoms with Crippen molar-refractivity contribution in [1.29, 1.82) is 0 Å². The number of ether oxygens (including phenoxy) is 3. The summed E-state index contributed by atoms with van der Waals surface area (Å²) in [6.07, 6.45) is 2.43. The lowest BCUT2D eigenvalue weighted by molar-refractivity contribution is -0.0589. The lowest BCUT2D eigenvalue weighted by Gasteiger charge is -2.27. The number of imidazole rings is 1. The maximum Gasteiger partial charge on any atom is 0.338 e. The van der Waals surface area contributed by atoms with Crippen molar-refractivity contribution in [2.45, 2.75) is 32.1 Å². The van der Waals surface area contributed by atoms with Gasteiger partial charge in [-0.3, -0.25) is 0 Å². The van der Waals surface area contributed by atoms with Gasteiger partial charge in [0.05, 0.1) is 47.8 Å². The zero-order valence-electron chi connectivity index (χ0n) is 24.1. The number of carbonyl (C=O) groups is 1. The Hall–Kier alpha value is -4.80. The Morgan fingerprint density at radius 1 is 1.04 bits per heavy atom. The van der Waals surface area contributed by atoms with E-state index < -0.39 is 17.6 Å². The molecule has 6 aromatic rings. The second-order valence-electron chi connectivity index (χ2n) is 10.7. The van der Waals surface area contributed by atoms with E-state index in [4.69, 9.17) is 30.2 Å². The van der Waals surface area contributed by atoms with Crippen LogP contribution >= 0.6 is 11.6 Å². The van der Waals surface area contributed by atoms with Crippen LogP contribution in [0.1, 0.15) is 33.7 Å². The molecule has 0 unspecified atom stereocenters. The predicted molar refractivity (Wildman–Crippen MR) is 163 cm³/mol. The number of benzene rings is 3. The lowest BCUT2D eigenvalue weighted by atomic mass is 10.1. The van der Waals surface area contributed by atoms with Crippen LogP contribution in [0.15, 0.2) is 77.4 Å². The standard InChI is InChI=1S/C34H26ClF2N3O5/c1-42-34(41)22-14-27(37)32-29(15-22)40(17-23-9-11-43-23)30(39-32)16-19-5-6-20(13-26(19)36)28-3-2-4-31(38-28)45-18-21-7-8-25(35)24-10-12-44-33(21)24/h2-8,10,12-15,23H,9,11,16-18H2,1H3/t23-/m0/s1. The quantitative estimate of drug-likeness (QED) is 0.153. The first-order valence-electron chi connectivity index (χ1n) is 14.3. The molecule has 228 valence electrons. The van der Waals surface area contributed by atoms with E-state index in [2.05, 4.69) is 9.97 Å². The third kappa shape index (κ3) is 5.63. The molecule has 0 bridgehead atoms. The minimum Gasteiger partial charge on any atom is -0.473 e. The van der Waals surface area contributed by atoms with Crippen LogP contribution in [0, 0.1) is 11.6 Å². The number of hydrogen-bond acceptors (Lipinski definition) is 7. The first kappa shape index (κ1) is 28.9. The third-order valence-corrected chi connectivity index (χ3v) is 8.26. The van der Waals surface area contributed by atoms with E-state index in [0.29, 0.717) is 57.8 Å². The highest BCUT2D eigenvalue weighted by molar-refractivity contribution is 6.35. The van der Waals surface area contributed by atoms with Crippen molar-refractivity contribution in [3.05, 3.63) is 112 Å². The molecule has 0 radical (unpaired) electrons. The average Bonchev–Trinajstić information content (AvgIpc) is 3.66. The van der Waals surface area contributed by atoms with E-state index in [0.717, 1.165) is 23.4 Å². The second kappa shape index (κ2) is 11.9. The van der Waals surface area contributed by atoms with Crippen molar-refractivity contribution in [3.63, 3.8) is 0 Å². The van der Waals surface area contributed by atoms with E-state index in [1.54, 1.807) is 59.4 Å². The summed E-state index contributed by atoms with van der Waals surface area (Å²) in [6, 6.07) is 18.2. The Morgan fingerprint density at radius 3 is 2.67 bits per heavy atom. The number of hydrogen-bond donors (Lipinski definition) is 0. The number of nitrogens with zero attached hydrogens (tertiary/aromatic N) is 3. The summed E-state index contributed by atoms with van der Waals surface area (Å²) in [5, 5.41) is 1.40. The molecule has 45 heavy (non-hydrogen) atoms. The van der Waals surface area contributed by atoms with Crippen molar-refractivity contribution >= 4 is 39.6 Å². The molecule has 1 atom stereocenters. The molecule has 4 heterocycles. The summed E-state index contributed by atoms with van der Waals surface area (Å²) < 4.78 is 54.4. The van der Waals surface area contributed by atoms with E-state index in [1.807, 2.05) is 6.07 Å². The molecule has 1 aliphatic rings. The van der Waals surface area contributed by atoms with Gasteiger partial charge in [-0.25, -0.2) is 23.5 Å². The highest BCUT2D eigenvalue weighted by Crippen LogP contribution is 2.30. The summed E-state index contributed by atoms with van der Waals surface area (Å²) in [4.78, 5) is 21.2. The number of esters is 1. The fourth-order valence-corrected chi connectivity index (χ4v) is 5.67. The van der Waals surface area contributed by atoms with Gasteiger partial charge in [0, 0.05) is 35.6 Å². The number of furan rings is 1. The minimum absolute atomic E-state index is 0.0707. The molecule has 0 N–H and O–H groups in total. The first-order chi connectivity index (χ1) is 21.9. The average molecular weight is 630 g/mol. The highest BCUT2D eigenvalue weighted by atomic mass is 35.5. The normalized spacial score (nSPS) is 14.5. The Kier molecular flexibility index (Phi) is 7.68. The SMILES string of the molecule is COC(=O)c1cc(F)c2nc(Cc3ccc(-c4cccc(OCc5ccc(Cl)c6ccoc56)n4)cc3F)n(C[C@@H]3CCO3)c2c1. The van der Waals surface area contributed by atoms with Gasteiger partial charge in [-0.05, 0) is 48.4 Å². The largest absolute Gasteiger partial charge is 0.473 e. The van der Waals surface area contributed by atoms with Crippen molar-refractivity contribution in [2.75, 3.05) is 13.7 Å². The van der Waals surface area contributed by atoms with Gasteiger partial charge < -0.3 is 23.2 Å². The summed E-state index contributed by atoms with van der Waals surface area (Å²) in [7, 11) is 1.24. The molecule has 1 saturated heterocycles. The van der Waals surface area contributed by atoms with Crippen LogP contribution in [0.2, 0.25) is 5.02 Å². The fourth-order valence-electron chi connectivity index (χ4n) is 5.46. The van der Waals surface area contributed by atoms with Crippen LogP contribution < -0.4 is 4.74 Å². The molecule has 0 spiro atoms. The Labute approximate surface area is 261 Å². The van der Waals surface area contributed by atoms with Gasteiger partial charge >= 0.3 is 5.97 Å². The maximum absolute atomic E-state index is 15.6. The van der Waals surface area contributed by atoms with Gasteiger partial charge in [0.1, 0.15) is 29.3 Å². The summed E-state index contributed by atoms with van der Waals surface area (Å²) in [5.41, 5.74) is 3.52. The van der Waals surface area contributed by atoms with Gasteiger partial charge in [0.15, 0.2) is 5.82 Å². The van der Waals surface area contributed by atoms with E-state index in [-0.39, 0.29) is 30.2 Å². The highest BCUT2D eigenvalue weighted by Gasteiger charge is 2.25. The van der Waals surface area contributed by atoms with Gasteiger partial charge in [-0.15, -0.1) is 0 Å². The molecule has 1 aliphatic heterocycles. The molecule has 1 fully saturated rings. The molecule has 0 aliphatic carbocycles. The lowest BCUT2D eigenvalue weighted by Crippen LogP contribution is -2.31. The van der Waals surface area contributed by atoms with Gasteiger partial charge in [0.2, 0.25) is 5.88 Å². The van der Waals surface area contributed by atoms with Gasteiger partial charge in [-0.2, -0.15) is 0 Å². The zero-order valence-corrected chi connectivity index (χ0v) is 24.8. The number of rotatable bonds is 9. The summed E-state index contributed by atoms with van der Waals surface area (Å²) in [6.45, 7) is 1.24. The zero-order chi connectivity index (χ0) is 31.1.